The molecular formula is C12H2Cl6F4S2. The maximum atomic E-state index is 12.5. The lowest BCUT2D eigenvalue weighted by Gasteiger charge is -2.07. The zero-order valence-electron chi connectivity index (χ0n) is 10.7. The van der Waals surface area contributed by atoms with Crippen LogP contribution in [0.2, 0.25) is 30.1 Å². The molecule has 0 fully saturated rings. The first-order valence-corrected chi connectivity index (χ1v) is 8.50. The molecule has 0 N–H and O–H groups in total. The standard InChI is InChI=1S/C6HCl5S.C6HClF4S/c2*7-1-2(8)4(10)6(12)5(11)3(1)9/h2*12H. The third-order valence-electron chi connectivity index (χ3n) is 2.37. The van der Waals surface area contributed by atoms with Crippen LogP contribution in [0.3, 0.4) is 0 Å². The maximum Gasteiger partial charge on any atom is 0.181 e. The summed E-state index contributed by atoms with van der Waals surface area (Å²) in [6, 6.07) is 0. The van der Waals surface area contributed by atoms with Crippen molar-refractivity contribution in [2.75, 3.05) is 0 Å². The zero-order chi connectivity index (χ0) is 18.9. The summed E-state index contributed by atoms with van der Waals surface area (Å²) in [5.74, 6) is -6.47. The number of halogens is 10. The summed E-state index contributed by atoms with van der Waals surface area (Å²) in [4.78, 5) is -0.688. The van der Waals surface area contributed by atoms with Gasteiger partial charge in [-0.25, -0.2) is 17.6 Å². The van der Waals surface area contributed by atoms with Gasteiger partial charge in [-0.1, -0.05) is 69.6 Å². The molecular weight excluding hydrogens is 497 g/mol. The molecule has 132 valence electrons. The van der Waals surface area contributed by atoms with Crippen LogP contribution in [0.1, 0.15) is 0 Å². The molecule has 0 spiro atoms. The number of benzene rings is 2. The van der Waals surface area contributed by atoms with Crippen molar-refractivity contribution in [1.29, 1.82) is 0 Å². The topological polar surface area (TPSA) is 0 Å². The fourth-order valence-corrected chi connectivity index (χ4v) is 3.04. The van der Waals surface area contributed by atoms with Crippen molar-refractivity contribution in [3.8, 4) is 0 Å². The molecule has 2 aromatic rings. The van der Waals surface area contributed by atoms with E-state index in [9.17, 15) is 17.6 Å². The first-order valence-electron chi connectivity index (χ1n) is 5.34. The second kappa shape index (κ2) is 9.00. The van der Waals surface area contributed by atoms with Crippen LogP contribution in [-0.2, 0) is 0 Å². The SMILES string of the molecule is Fc1c(F)c(Cl)c(F)c(F)c1S.Sc1c(Cl)c(Cl)c(Cl)c(Cl)c1Cl. The number of hydrogen-bond acceptors (Lipinski definition) is 2. The van der Waals surface area contributed by atoms with Crippen molar-refractivity contribution in [3.05, 3.63) is 53.4 Å². The predicted octanol–water partition coefficient (Wildman–Crippen LogP) is 8.43. The monoisotopic (exact) mass is 496 g/mol. The Morgan fingerprint density at radius 2 is 0.708 bits per heavy atom. The highest BCUT2D eigenvalue weighted by Gasteiger charge is 2.22. The van der Waals surface area contributed by atoms with Gasteiger partial charge in [0.05, 0.1) is 30.0 Å². The lowest BCUT2D eigenvalue weighted by molar-refractivity contribution is 0.427. The van der Waals surface area contributed by atoms with E-state index in [4.69, 9.17) is 69.6 Å². The van der Waals surface area contributed by atoms with Gasteiger partial charge in [-0.3, -0.25) is 0 Å². The Hall–Kier alpha value is 0.600. The van der Waals surface area contributed by atoms with Gasteiger partial charge < -0.3 is 0 Å². The fraction of sp³-hybridized carbons (Fsp3) is 0. The molecule has 0 amide bonds. The molecule has 2 rings (SSSR count). The molecule has 0 saturated heterocycles. The van der Waals surface area contributed by atoms with Crippen LogP contribution in [-0.4, -0.2) is 0 Å². The van der Waals surface area contributed by atoms with Crippen LogP contribution < -0.4 is 0 Å². The molecule has 0 atom stereocenters. The summed E-state index contributed by atoms with van der Waals surface area (Å²) in [6.07, 6.45) is 0. The molecule has 0 aliphatic rings. The summed E-state index contributed by atoms with van der Waals surface area (Å²) in [6.45, 7) is 0. The molecule has 0 aliphatic heterocycles. The van der Waals surface area contributed by atoms with Crippen LogP contribution in [0.4, 0.5) is 17.6 Å². The molecule has 0 saturated carbocycles. The van der Waals surface area contributed by atoms with Crippen molar-refractivity contribution in [3.63, 3.8) is 0 Å². The second-order valence-electron chi connectivity index (χ2n) is 3.84. The number of thiol groups is 2. The van der Waals surface area contributed by atoms with E-state index in [0.717, 1.165) is 0 Å². The Balaban J connectivity index is 0.000000240. The average Bonchev–Trinajstić information content (AvgIpc) is 2.58. The molecule has 12 heteroatoms. The van der Waals surface area contributed by atoms with Crippen LogP contribution in [0.15, 0.2) is 9.79 Å². The van der Waals surface area contributed by atoms with Crippen molar-refractivity contribution < 1.29 is 17.6 Å². The summed E-state index contributed by atoms with van der Waals surface area (Å²) < 4.78 is 49.9. The summed E-state index contributed by atoms with van der Waals surface area (Å²) in [5.41, 5.74) is 0. The first kappa shape index (κ1) is 22.6. The molecule has 0 radical (unpaired) electrons. The van der Waals surface area contributed by atoms with E-state index in [1.807, 2.05) is 0 Å². The predicted molar refractivity (Wildman–Crippen MR) is 97.3 cm³/mol. The largest absolute Gasteiger partial charge is 0.202 e. The average molecular weight is 499 g/mol. The Morgan fingerprint density at radius 3 is 1.04 bits per heavy atom. The molecule has 0 aliphatic carbocycles. The van der Waals surface area contributed by atoms with Crippen molar-refractivity contribution in [2.45, 2.75) is 9.79 Å². The third-order valence-corrected chi connectivity index (χ3v) is 6.09. The highest BCUT2D eigenvalue weighted by atomic mass is 35.5. The molecule has 0 nitrogen and oxygen atoms in total. The van der Waals surface area contributed by atoms with Crippen LogP contribution in [0.5, 0.6) is 0 Å². The van der Waals surface area contributed by atoms with Crippen LogP contribution in [0, 0.1) is 23.3 Å². The van der Waals surface area contributed by atoms with Gasteiger partial charge in [0.15, 0.2) is 23.3 Å². The van der Waals surface area contributed by atoms with E-state index in [1.165, 1.54) is 0 Å². The van der Waals surface area contributed by atoms with Gasteiger partial charge in [-0.2, -0.15) is 0 Å². The molecule has 0 heterocycles. The van der Waals surface area contributed by atoms with E-state index < -0.39 is 33.2 Å². The van der Waals surface area contributed by atoms with Gasteiger partial charge in [-0.05, 0) is 0 Å². The molecule has 0 aromatic heterocycles. The minimum Gasteiger partial charge on any atom is -0.202 e. The van der Waals surface area contributed by atoms with E-state index in [2.05, 4.69) is 25.3 Å². The third kappa shape index (κ3) is 4.46. The van der Waals surface area contributed by atoms with E-state index in [0.29, 0.717) is 4.90 Å². The van der Waals surface area contributed by atoms with E-state index in [-0.39, 0.29) is 25.1 Å². The summed E-state index contributed by atoms with van der Waals surface area (Å²) in [5, 5.41) is -0.316. The summed E-state index contributed by atoms with van der Waals surface area (Å²) >= 11 is 40.7. The zero-order valence-corrected chi connectivity index (χ0v) is 17.0. The quantitative estimate of drug-likeness (QED) is 0.155. The van der Waals surface area contributed by atoms with Gasteiger partial charge in [0.25, 0.3) is 0 Å². The van der Waals surface area contributed by atoms with Gasteiger partial charge in [-0.15, -0.1) is 25.3 Å². The minimum atomic E-state index is -1.64. The fourth-order valence-electron chi connectivity index (χ4n) is 1.19. The van der Waals surface area contributed by atoms with Crippen LogP contribution in [0.25, 0.3) is 0 Å². The van der Waals surface area contributed by atoms with Crippen molar-refractivity contribution in [1.82, 2.24) is 0 Å². The van der Waals surface area contributed by atoms with Gasteiger partial charge in [0.1, 0.15) is 5.02 Å². The highest BCUT2D eigenvalue weighted by Crippen LogP contribution is 2.45. The van der Waals surface area contributed by atoms with Gasteiger partial charge in [0.2, 0.25) is 0 Å². The molecule has 2 aromatic carbocycles. The Bertz CT molecular complexity index is 538. The molecule has 0 unspecified atom stereocenters. The first-order chi connectivity index (χ1) is 10.9. The molecule has 0 bridgehead atoms. The lowest BCUT2D eigenvalue weighted by atomic mass is 10.3. The Kier molecular flexibility index (Phi) is 8.49. The summed E-state index contributed by atoms with van der Waals surface area (Å²) in [7, 11) is 0. The maximum absolute atomic E-state index is 12.5. The van der Waals surface area contributed by atoms with Crippen LogP contribution >= 0.6 is 94.9 Å². The highest BCUT2D eigenvalue weighted by molar-refractivity contribution is 7.80. The normalized spacial score (nSPS) is 10.5. The van der Waals surface area contributed by atoms with E-state index >= 15 is 0 Å². The van der Waals surface area contributed by atoms with Gasteiger partial charge in [0, 0.05) is 4.90 Å². The molecule has 24 heavy (non-hydrogen) atoms. The van der Waals surface area contributed by atoms with Crippen molar-refractivity contribution >= 4 is 94.9 Å². The number of rotatable bonds is 0. The van der Waals surface area contributed by atoms with Crippen molar-refractivity contribution in [2.24, 2.45) is 0 Å². The number of hydrogen-bond donors (Lipinski definition) is 2. The second-order valence-corrected chi connectivity index (χ2v) is 7.00. The van der Waals surface area contributed by atoms with E-state index in [1.54, 1.807) is 0 Å². The minimum absolute atomic E-state index is 0.145. The Labute approximate surface area is 174 Å². The lowest BCUT2D eigenvalue weighted by Crippen LogP contribution is -1.97. The smallest absolute Gasteiger partial charge is 0.181 e. The Morgan fingerprint density at radius 1 is 0.417 bits per heavy atom. The van der Waals surface area contributed by atoms with Gasteiger partial charge >= 0.3 is 0 Å².